The van der Waals surface area contributed by atoms with Crippen LogP contribution >= 0.6 is 0 Å². The van der Waals surface area contributed by atoms with Crippen LogP contribution in [-0.4, -0.2) is 61.8 Å². The second kappa shape index (κ2) is 11.8. The summed E-state index contributed by atoms with van der Waals surface area (Å²) in [5, 5.41) is 6.93. The van der Waals surface area contributed by atoms with Gasteiger partial charge in [-0.3, -0.25) is 4.79 Å². The summed E-state index contributed by atoms with van der Waals surface area (Å²) in [4.78, 5) is 18.5. The largest absolute Gasteiger partial charge is 0.369 e. The first-order chi connectivity index (χ1) is 18.3. The van der Waals surface area contributed by atoms with Gasteiger partial charge in [-0.05, 0) is 96.0 Å². The van der Waals surface area contributed by atoms with E-state index in [4.69, 9.17) is 0 Å². The van der Waals surface area contributed by atoms with E-state index < -0.39 is 11.6 Å². The SMILES string of the molecule is CC1CCC(F)C2(C3CCCCCCC3)CC(C(=O)Nc3cccc(N4CC[C@@H](N(C)C)C[C@H]4C)c3)NC12. The van der Waals surface area contributed by atoms with E-state index in [1.54, 1.807) is 0 Å². The normalized spacial score (nSPS) is 36.9. The summed E-state index contributed by atoms with van der Waals surface area (Å²) in [5.74, 6) is 0.784. The van der Waals surface area contributed by atoms with Gasteiger partial charge in [0.25, 0.3) is 0 Å². The number of amides is 1. The molecule has 1 aromatic carbocycles. The minimum absolute atomic E-state index is 0.000494. The van der Waals surface area contributed by atoms with E-state index in [0.717, 1.165) is 44.3 Å². The molecule has 2 N–H and O–H groups in total. The highest BCUT2D eigenvalue weighted by atomic mass is 19.1. The van der Waals surface area contributed by atoms with Gasteiger partial charge >= 0.3 is 0 Å². The fourth-order valence-electron chi connectivity index (χ4n) is 8.60. The molecule has 2 saturated carbocycles. The molecule has 5 unspecified atom stereocenters. The third kappa shape index (κ3) is 5.50. The molecule has 0 bridgehead atoms. The summed E-state index contributed by atoms with van der Waals surface area (Å²) in [6.07, 6.45) is 12.1. The number of nitrogens with zero attached hydrogens (tertiary/aromatic N) is 2. The van der Waals surface area contributed by atoms with Crippen LogP contribution in [0, 0.1) is 17.3 Å². The average molecular weight is 527 g/mol. The van der Waals surface area contributed by atoms with Crippen LogP contribution in [0.2, 0.25) is 0 Å². The standard InChI is InChI=1S/C32H51FN4O/c1-22-15-16-29(33)32(24-11-8-6-5-7-9-12-24)21-28(35-30(22)32)31(38)34-25-13-10-14-27(20-25)37-18-17-26(36(3)4)19-23(37)2/h10,13-14,20,22-24,26,28-30,35H,5-9,11-12,15-19,21H2,1-4H3,(H,34,38)/t22?,23-,26-,28?,29?,30?,32?/m1/s1. The smallest absolute Gasteiger partial charge is 0.241 e. The maximum Gasteiger partial charge on any atom is 0.241 e. The van der Waals surface area contributed by atoms with Gasteiger partial charge in [-0.2, -0.15) is 0 Å². The molecule has 0 spiro atoms. The van der Waals surface area contributed by atoms with Gasteiger partial charge in [-0.15, -0.1) is 0 Å². The Kier molecular flexibility index (Phi) is 8.69. The number of rotatable bonds is 5. The van der Waals surface area contributed by atoms with E-state index >= 15 is 4.39 Å². The van der Waals surface area contributed by atoms with Gasteiger partial charge in [0.1, 0.15) is 6.17 Å². The van der Waals surface area contributed by atoms with Crippen LogP contribution in [0.3, 0.4) is 0 Å². The third-order valence-corrected chi connectivity index (χ3v) is 10.8. The zero-order valence-corrected chi connectivity index (χ0v) is 24.2. The fraction of sp³-hybridized carbons (Fsp3) is 0.781. The number of alkyl halides is 1. The van der Waals surface area contributed by atoms with Gasteiger partial charge in [0.2, 0.25) is 5.91 Å². The highest BCUT2D eigenvalue weighted by Crippen LogP contribution is 2.56. The first-order valence-corrected chi connectivity index (χ1v) is 15.5. The number of benzene rings is 1. The van der Waals surface area contributed by atoms with Crippen LogP contribution in [0.1, 0.15) is 90.9 Å². The zero-order chi connectivity index (χ0) is 26.9. The molecule has 2 aliphatic heterocycles. The van der Waals surface area contributed by atoms with Crippen molar-refractivity contribution in [2.45, 2.75) is 121 Å². The second-order valence-electron chi connectivity index (χ2n) is 13.3. The van der Waals surface area contributed by atoms with Crippen LogP contribution in [0.5, 0.6) is 0 Å². The van der Waals surface area contributed by atoms with E-state index in [-0.39, 0.29) is 18.0 Å². The molecular weight excluding hydrogens is 475 g/mol. The number of carbonyl (C=O) groups excluding carboxylic acids is 1. The molecule has 2 saturated heterocycles. The maximum absolute atomic E-state index is 16.0. The topological polar surface area (TPSA) is 47.6 Å². The Bertz CT molecular complexity index is 947. The summed E-state index contributed by atoms with van der Waals surface area (Å²) in [5.41, 5.74) is 1.62. The molecule has 38 heavy (non-hydrogen) atoms. The molecule has 2 aliphatic carbocycles. The van der Waals surface area contributed by atoms with Crippen molar-refractivity contribution in [1.82, 2.24) is 10.2 Å². The van der Waals surface area contributed by atoms with Gasteiger partial charge < -0.3 is 20.4 Å². The fourth-order valence-corrected chi connectivity index (χ4v) is 8.60. The number of hydrogen-bond acceptors (Lipinski definition) is 4. The Labute approximate surface area is 230 Å². The lowest BCUT2D eigenvalue weighted by molar-refractivity contribution is -0.118. The number of carbonyl (C=O) groups is 1. The van der Waals surface area contributed by atoms with E-state index in [2.05, 4.69) is 60.5 Å². The van der Waals surface area contributed by atoms with Gasteiger partial charge in [0, 0.05) is 41.5 Å². The van der Waals surface area contributed by atoms with Gasteiger partial charge in [0.05, 0.1) is 6.04 Å². The van der Waals surface area contributed by atoms with E-state index in [1.165, 1.54) is 37.8 Å². The molecule has 6 heteroatoms. The number of fused-ring (bicyclic) bond motifs is 1. The van der Waals surface area contributed by atoms with Crippen molar-refractivity contribution in [2.75, 3.05) is 30.9 Å². The van der Waals surface area contributed by atoms with Gasteiger partial charge in [0.15, 0.2) is 0 Å². The second-order valence-corrected chi connectivity index (χ2v) is 13.3. The predicted octanol–water partition coefficient (Wildman–Crippen LogP) is 6.39. The van der Waals surface area contributed by atoms with Crippen molar-refractivity contribution < 1.29 is 9.18 Å². The Morgan fingerprint density at radius 1 is 1.05 bits per heavy atom. The van der Waals surface area contributed by atoms with E-state index in [1.807, 2.05) is 12.1 Å². The van der Waals surface area contributed by atoms with Crippen LogP contribution in [0.4, 0.5) is 15.8 Å². The van der Waals surface area contributed by atoms with Gasteiger partial charge in [-0.25, -0.2) is 4.39 Å². The number of anilines is 2. The molecule has 0 radical (unpaired) electrons. The highest BCUT2D eigenvalue weighted by molar-refractivity contribution is 5.95. The predicted molar refractivity (Wildman–Crippen MR) is 155 cm³/mol. The van der Waals surface area contributed by atoms with Crippen molar-refractivity contribution in [1.29, 1.82) is 0 Å². The van der Waals surface area contributed by atoms with Crippen molar-refractivity contribution in [3.8, 4) is 0 Å². The maximum atomic E-state index is 16.0. The Morgan fingerprint density at radius 3 is 2.50 bits per heavy atom. The minimum Gasteiger partial charge on any atom is -0.369 e. The molecule has 7 atom stereocenters. The van der Waals surface area contributed by atoms with Crippen molar-refractivity contribution in [3.05, 3.63) is 24.3 Å². The first kappa shape index (κ1) is 27.9. The lowest BCUT2D eigenvalue weighted by Crippen LogP contribution is -2.55. The van der Waals surface area contributed by atoms with Gasteiger partial charge in [-0.1, -0.05) is 45.1 Å². The molecule has 212 valence electrons. The number of hydrogen-bond donors (Lipinski definition) is 2. The summed E-state index contributed by atoms with van der Waals surface area (Å²) < 4.78 is 16.0. The zero-order valence-electron chi connectivity index (χ0n) is 24.2. The van der Waals surface area contributed by atoms with E-state index in [0.29, 0.717) is 36.8 Å². The van der Waals surface area contributed by atoms with Crippen molar-refractivity contribution in [2.24, 2.45) is 17.3 Å². The molecule has 1 aromatic rings. The highest BCUT2D eigenvalue weighted by Gasteiger charge is 2.60. The average Bonchev–Trinajstić information content (AvgIpc) is 3.29. The van der Waals surface area contributed by atoms with E-state index in [9.17, 15) is 4.79 Å². The molecule has 4 fully saturated rings. The lowest BCUT2D eigenvalue weighted by Gasteiger charge is -2.50. The van der Waals surface area contributed by atoms with Crippen molar-refractivity contribution >= 4 is 17.3 Å². The monoisotopic (exact) mass is 526 g/mol. The minimum atomic E-state index is -0.812. The summed E-state index contributed by atoms with van der Waals surface area (Å²) in [7, 11) is 4.34. The molecule has 1 amide bonds. The Balaban J connectivity index is 1.30. The molecule has 5 rings (SSSR count). The van der Waals surface area contributed by atoms with Crippen LogP contribution < -0.4 is 15.5 Å². The van der Waals surface area contributed by atoms with Crippen LogP contribution in [0.15, 0.2) is 24.3 Å². The molecule has 2 heterocycles. The first-order valence-electron chi connectivity index (χ1n) is 15.5. The summed E-state index contributed by atoms with van der Waals surface area (Å²) in [6.45, 7) is 5.59. The molecule has 4 aliphatic rings. The number of nitrogens with one attached hydrogen (secondary N) is 2. The summed E-state index contributed by atoms with van der Waals surface area (Å²) in [6, 6.07) is 9.15. The lowest BCUT2D eigenvalue weighted by atomic mass is 9.56. The van der Waals surface area contributed by atoms with Crippen LogP contribution in [0.25, 0.3) is 0 Å². The Morgan fingerprint density at radius 2 is 1.79 bits per heavy atom. The van der Waals surface area contributed by atoms with Crippen LogP contribution in [-0.2, 0) is 4.79 Å². The summed E-state index contributed by atoms with van der Waals surface area (Å²) >= 11 is 0. The quantitative estimate of drug-likeness (QED) is 0.467. The Hall–Kier alpha value is -1.66. The molecular formula is C32H51FN4O. The molecule has 0 aromatic heterocycles. The molecule has 5 nitrogen and oxygen atoms in total. The third-order valence-electron chi connectivity index (χ3n) is 10.8. The number of piperidine rings is 1. The number of halogens is 1. The van der Waals surface area contributed by atoms with Crippen molar-refractivity contribution in [3.63, 3.8) is 0 Å².